The first-order valence-corrected chi connectivity index (χ1v) is 8.29. The lowest BCUT2D eigenvalue weighted by Crippen LogP contribution is -2.43. The maximum Gasteiger partial charge on any atom is 0.242 e. The Labute approximate surface area is 144 Å². The van der Waals surface area contributed by atoms with Gasteiger partial charge in [0, 0.05) is 18.6 Å². The predicted octanol–water partition coefficient (Wildman–Crippen LogP) is 2.15. The van der Waals surface area contributed by atoms with Crippen molar-refractivity contribution in [1.29, 1.82) is 0 Å². The van der Waals surface area contributed by atoms with Gasteiger partial charge >= 0.3 is 0 Å². The smallest absolute Gasteiger partial charge is 0.242 e. The third-order valence-corrected chi connectivity index (χ3v) is 3.23. The van der Waals surface area contributed by atoms with E-state index in [4.69, 9.17) is 0 Å². The Morgan fingerprint density at radius 1 is 1.25 bits per heavy atom. The van der Waals surface area contributed by atoms with Crippen LogP contribution in [0.2, 0.25) is 0 Å². The first kappa shape index (κ1) is 19.9. The van der Waals surface area contributed by atoms with Crippen LogP contribution in [0.5, 0.6) is 0 Å². The highest BCUT2D eigenvalue weighted by Gasteiger charge is 2.13. The molecule has 0 heterocycles. The van der Waals surface area contributed by atoms with Crippen molar-refractivity contribution in [1.82, 2.24) is 16.0 Å². The number of halogens is 1. The standard InChI is InChI=1S/C18H29FN4O/c1-6-20-17(22-12-16(24)23-18(3,4)5)21-10-9-14-7-8-15(19)11-13(14)2/h7-8,11H,6,9-10,12H2,1-5H3,(H,23,24)(H2,20,21,22). The highest BCUT2D eigenvalue weighted by atomic mass is 19.1. The van der Waals surface area contributed by atoms with E-state index in [0.717, 1.165) is 17.5 Å². The van der Waals surface area contributed by atoms with E-state index in [1.807, 2.05) is 34.6 Å². The summed E-state index contributed by atoms with van der Waals surface area (Å²) in [4.78, 5) is 16.1. The topological polar surface area (TPSA) is 65.5 Å². The average Bonchev–Trinajstić information content (AvgIpc) is 2.45. The normalized spacial score (nSPS) is 12.0. The minimum Gasteiger partial charge on any atom is -0.357 e. The van der Waals surface area contributed by atoms with Gasteiger partial charge in [0.25, 0.3) is 0 Å². The molecule has 24 heavy (non-hydrogen) atoms. The summed E-state index contributed by atoms with van der Waals surface area (Å²) in [7, 11) is 0. The summed E-state index contributed by atoms with van der Waals surface area (Å²) in [6, 6.07) is 4.80. The number of amides is 1. The number of nitrogens with one attached hydrogen (secondary N) is 3. The van der Waals surface area contributed by atoms with E-state index >= 15 is 0 Å². The average molecular weight is 336 g/mol. The summed E-state index contributed by atoms with van der Waals surface area (Å²) >= 11 is 0. The first-order valence-electron chi connectivity index (χ1n) is 8.29. The molecule has 1 aromatic rings. The maximum absolute atomic E-state index is 13.1. The Hall–Kier alpha value is -2.11. The molecule has 1 rings (SSSR count). The molecule has 6 heteroatoms. The number of nitrogens with zero attached hydrogens (tertiary/aromatic N) is 1. The van der Waals surface area contributed by atoms with Gasteiger partial charge in [-0.1, -0.05) is 6.07 Å². The van der Waals surface area contributed by atoms with Crippen LogP contribution in [0.3, 0.4) is 0 Å². The highest BCUT2D eigenvalue weighted by Crippen LogP contribution is 2.10. The first-order chi connectivity index (χ1) is 11.2. The fraction of sp³-hybridized carbons (Fsp3) is 0.556. The third-order valence-electron chi connectivity index (χ3n) is 3.23. The summed E-state index contributed by atoms with van der Waals surface area (Å²) in [5, 5.41) is 9.18. The molecular weight excluding hydrogens is 307 g/mol. The van der Waals surface area contributed by atoms with Gasteiger partial charge in [-0.2, -0.15) is 0 Å². The van der Waals surface area contributed by atoms with Gasteiger partial charge < -0.3 is 16.0 Å². The molecule has 0 saturated heterocycles. The molecule has 0 aliphatic carbocycles. The van der Waals surface area contributed by atoms with Gasteiger partial charge in [0.2, 0.25) is 5.91 Å². The van der Waals surface area contributed by atoms with Crippen molar-refractivity contribution in [2.75, 3.05) is 19.6 Å². The fourth-order valence-electron chi connectivity index (χ4n) is 2.21. The molecular formula is C18H29FN4O. The van der Waals surface area contributed by atoms with E-state index in [9.17, 15) is 9.18 Å². The molecule has 0 radical (unpaired) electrons. The van der Waals surface area contributed by atoms with Crippen molar-refractivity contribution in [2.24, 2.45) is 4.99 Å². The van der Waals surface area contributed by atoms with Crippen molar-refractivity contribution in [2.45, 2.75) is 46.6 Å². The van der Waals surface area contributed by atoms with Crippen LogP contribution in [0.15, 0.2) is 23.2 Å². The van der Waals surface area contributed by atoms with E-state index < -0.39 is 0 Å². The van der Waals surface area contributed by atoms with Crippen molar-refractivity contribution in [3.05, 3.63) is 35.1 Å². The van der Waals surface area contributed by atoms with Crippen LogP contribution in [0.25, 0.3) is 0 Å². The number of hydrogen-bond donors (Lipinski definition) is 3. The lowest BCUT2D eigenvalue weighted by molar-refractivity contribution is -0.121. The van der Waals surface area contributed by atoms with Crippen molar-refractivity contribution < 1.29 is 9.18 Å². The number of carbonyl (C=O) groups excluding carboxylic acids is 1. The van der Waals surface area contributed by atoms with E-state index in [2.05, 4.69) is 20.9 Å². The zero-order valence-electron chi connectivity index (χ0n) is 15.3. The lowest BCUT2D eigenvalue weighted by Gasteiger charge is -2.20. The predicted molar refractivity (Wildman–Crippen MR) is 96.7 cm³/mol. The molecule has 0 bridgehead atoms. The summed E-state index contributed by atoms with van der Waals surface area (Å²) in [6.45, 7) is 11.1. The molecule has 5 nitrogen and oxygen atoms in total. The number of hydrogen-bond acceptors (Lipinski definition) is 2. The summed E-state index contributed by atoms with van der Waals surface area (Å²) in [6.07, 6.45) is 0.755. The lowest BCUT2D eigenvalue weighted by atomic mass is 10.1. The van der Waals surface area contributed by atoms with Gasteiger partial charge in [-0.25, -0.2) is 9.38 Å². The van der Waals surface area contributed by atoms with Crippen LogP contribution >= 0.6 is 0 Å². The Morgan fingerprint density at radius 3 is 2.54 bits per heavy atom. The second-order valence-electron chi connectivity index (χ2n) is 6.74. The zero-order chi connectivity index (χ0) is 18.2. The number of rotatable bonds is 6. The molecule has 1 aromatic carbocycles. The third kappa shape index (κ3) is 7.94. The van der Waals surface area contributed by atoms with Crippen LogP contribution in [0.1, 0.15) is 38.8 Å². The summed E-state index contributed by atoms with van der Waals surface area (Å²) in [5.41, 5.74) is 1.76. The Balaban J connectivity index is 2.53. The Bertz CT molecular complexity index is 579. The number of benzene rings is 1. The van der Waals surface area contributed by atoms with E-state index in [1.54, 1.807) is 6.07 Å². The van der Waals surface area contributed by atoms with Crippen molar-refractivity contribution >= 4 is 11.9 Å². The SMILES string of the molecule is CCNC(=NCC(=O)NC(C)(C)C)NCCc1ccc(F)cc1C. The molecule has 0 aromatic heterocycles. The molecule has 0 aliphatic rings. The van der Waals surface area contributed by atoms with Crippen LogP contribution in [-0.4, -0.2) is 37.0 Å². The zero-order valence-corrected chi connectivity index (χ0v) is 15.3. The van der Waals surface area contributed by atoms with E-state index in [0.29, 0.717) is 19.0 Å². The number of guanidine groups is 1. The van der Waals surface area contributed by atoms with E-state index in [1.165, 1.54) is 12.1 Å². The molecule has 0 spiro atoms. The van der Waals surface area contributed by atoms with Crippen LogP contribution in [0, 0.1) is 12.7 Å². The van der Waals surface area contributed by atoms with Gasteiger partial charge in [0.15, 0.2) is 5.96 Å². The molecule has 3 N–H and O–H groups in total. The van der Waals surface area contributed by atoms with Gasteiger partial charge in [-0.05, 0) is 64.3 Å². The molecule has 0 atom stereocenters. The number of aryl methyl sites for hydroxylation is 1. The monoisotopic (exact) mass is 336 g/mol. The minimum atomic E-state index is -0.265. The Kier molecular flexibility index (Phi) is 7.68. The van der Waals surface area contributed by atoms with Gasteiger partial charge in [-0.3, -0.25) is 4.79 Å². The van der Waals surface area contributed by atoms with Crippen LogP contribution in [0.4, 0.5) is 4.39 Å². The second kappa shape index (κ2) is 9.25. The molecule has 0 fully saturated rings. The Morgan fingerprint density at radius 2 is 1.96 bits per heavy atom. The van der Waals surface area contributed by atoms with Gasteiger partial charge in [0.05, 0.1) is 0 Å². The van der Waals surface area contributed by atoms with Crippen molar-refractivity contribution in [3.8, 4) is 0 Å². The highest BCUT2D eigenvalue weighted by molar-refractivity contribution is 5.85. The number of carbonyl (C=O) groups is 1. The second-order valence-corrected chi connectivity index (χ2v) is 6.74. The fourth-order valence-corrected chi connectivity index (χ4v) is 2.21. The van der Waals surface area contributed by atoms with E-state index in [-0.39, 0.29) is 23.8 Å². The minimum absolute atomic E-state index is 0.0716. The molecule has 1 amide bonds. The summed E-state index contributed by atoms with van der Waals surface area (Å²) < 4.78 is 13.1. The van der Waals surface area contributed by atoms with Crippen LogP contribution < -0.4 is 16.0 Å². The van der Waals surface area contributed by atoms with Gasteiger partial charge in [-0.15, -0.1) is 0 Å². The largest absolute Gasteiger partial charge is 0.357 e. The van der Waals surface area contributed by atoms with Gasteiger partial charge in [0.1, 0.15) is 12.4 Å². The molecule has 0 unspecified atom stereocenters. The summed E-state index contributed by atoms with van der Waals surface area (Å²) in [5.74, 6) is 0.263. The quantitative estimate of drug-likeness (QED) is 0.551. The maximum atomic E-state index is 13.1. The molecule has 134 valence electrons. The molecule has 0 saturated carbocycles. The molecule has 0 aliphatic heterocycles. The van der Waals surface area contributed by atoms with Crippen molar-refractivity contribution in [3.63, 3.8) is 0 Å². The van der Waals surface area contributed by atoms with Crippen LogP contribution in [-0.2, 0) is 11.2 Å². The number of aliphatic imine (C=N–C) groups is 1.